The van der Waals surface area contributed by atoms with Crippen LogP contribution in [0.5, 0.6) is 17.4 Å². The zero-order valence-corrected chi connectivity index (χ0v) is 17.1. The maximum atomic E-state index is 12.7. The number of nitrogens with zero attached hydrogens (tertiary/aromatic N) is 1. The fourth-order valence-electron chi connectivity index (χ4n) is 3.31. The van der Waals surface area contributed by atoms with Crippen molar-refractivity contribution in [3.63, 3.8) is 0 Å². The maximum absolute atomic E-state index is 12.7. The van der Waals surface area contributed by atoms with Gasteiger partial charge in [0.1, 0.15) is 11.5 Å². The van der Waals surface area contributed by atoms with Crippen LogP contribution in [-0.4, -0.2) is 28.8 Å². The number of benzene rings is 2. The van der Waals surface area contributed by atoms with Crippen molar-refractivity contribution in [3.8, 4) is 17.4 Å². The van der Waals surface area contributed by atoms with Gasteiger partial charge >= 0.3 is 0 Å². The van der Waals surface area contributed by atoms with Crippen molar-refractivity contribution >= 4 is 22.6 Å². The number of para-hydroxylation sites is 1. The highest BCUT2D eigenvalue weighted by Gasteiger charge is 2.22. The summed E-state index contributed by atoms with van der Waals surface area (Å²) < 4.78 is 10.9. The van der Waals surface area contributed by atoms with Gasteiger partial charge in [0.25, 0.3) is 11.7 Å². The molecule has 0 aliphatic carbocycles. The van der Waals surface area contributed by atoms with Crippen LogP contribution in [0.2, 0.25) is 0 Å². The van der Waals surface area contributed by atoms with Gasteiger partial charge in [0.15, 0.2) is 0 Å². The number of pyridine rings is 1. The Bertz CT molecular complexity index is 1250. The minimum absolute atomic E-state index is 0.179. The minimum atomic E-state index is -0.662. The second-order valence-electron chi connectivity index (χ2n) is 6.97. The van der Waals surface area contributed by atoms with Gasteiger partial charge in [0.05, 0.1) is 12.7 Å². The van der Waals surface area contributed by atoms with Crippen molar-refractivity contribution in [3.05, 3.63) is 83.7 Å². The van der Waals surface area contributed by atoms with E-state index in [1.807, 2.05) is 36.4 Å². The number of rotatable bonds is 7. The van der Waals surface area contributed by atoms with E-state index < -0.39 is 11.7 Å². The molecule has 1 amide bonds. The van der Waals surface area contributed by atoms with Gasteiger partial charge in [0, 0.05) is 41.5 Å². The molecular formula is C24H21N3O4. The molecule has 0 aliphatic heterocycles. The number of aryl methyl sites for hydroxylation is 1. The van der Waals surface area contributed by atoms with E-state index in [2.05, 4.69) is 15.3 Å². The van der Waals surface area contributed by atoms with E-state index in [0.717, 1.165) is 16.5 Å². The van der Waals surface area contributed by atoms with Gasteiger partial charge in [-0.25, -0.2) is 4.98 Å². The number of hydrogen-bond acceptors (Lipinski definition) is 5. The third kappa shape index (κ3) is 4.40. The predicted molar refractivity (Wildman–Crippen MR) is 117 cm³/mol. The number of nitrogens with one attached hydrogen (secondary N) is 2. The van der Waals surface area contributed by atoms with Crippen LogP contribution in [-0.2, 0) is 11.3 Å². The van der Waals surface area contributed by atoms with Crippen LogP contribution in [0.15, 0.2) is 66.9 Å². The Labute approximate surface area is 179 Å². The number of carbonyl (C=O) groups is 2. The number of H-pyrrole nitrogens is 1. The second-order valence-corrected chi connectivity index (χ2v) is 6.97. The van der Waals surface area contributed by atoms with Crippen molar-refractivity contribution < 1.29 is 19.1 Å². The molecule has 7 heteroatoms. The maximum Gasteiger partial charge on any atom is 0.292 e. The van der Waals surface area contributed by atoms with Gasteiger partial charge in [-0.15, -0.1) is 0 Å². The molecule has 0 bridgehead atoms. The molecule has 2 heterocycles. The van der Waals surface area contributed by atoms with Crippen LogP contribution in [0.1, 0.15) is 21.6 Å². The summed E-state index contributed by atoms with van der Waals surface area (Å²) in [6.45, 7) is 1.96. The fraction of sp³-hybridized carbons (Fsp3) is 0.125. The number of hydrogen-bond donors (Lipinski definition) is 2. The van der Waals surface area contributed by atoms with Crippen molar-refractivity contribution in [2.75, 3.05) is 7.11 Å². The normalized spacial score (nSPS) is 10.6. The number of methoxy groups -OCH3 is 1. The number of ether oxygens (including phenoxy) is 2. The Kier molecular flexibility index (Phi) is 5.66. The van der Waals surface area contributed by atoms with E-state index >= 15 is 0 Å². The van der Waals surface area contributed by atoms with E-state index in [9.17, 15) is 9.59 Å². The lowest BCUT2D eigenvalue weighted by Gasteiger charge is -2.08. The highest BCUT2D eigenvalue weighted by Crippen LogP contribution is 2.24. The number of ketones is 1. The summed E-state index contributed by atoms with van der Waals surface area (Å²) in [4.78, 5) is 32.5. The number of aromatic nitrogens is 2. The molecule has 0 atom stereocenters. The number of amides is 1. The molecule has 7 nitrogen and oxygen atoms in total. The summed E-state index contributed by atoms with van der Waals surface area (Å²) in [7, 11) is 1.59. The summed E-state index contributed by atoms with van der Waals surface area (Å²) in [6.07, 6.45) is 1.59. The molecule has 0 unspecified atom stereocenters. The van der Waals surface area contributed by atoms with E-state index in [1.165, 1.54) is 0 Å². The van der Waals surface area contributed by atoms with Crippen LogP contribution in [0, 0.1) is 6.92 Å². The number of Topliss-reactive ketones (excluding diaryl/α,β-unsaturated/α-hetero) is 1. The molecule has 0 saturated carbocycles. The molecule has 156 valence electrons. The molecule has 2 aromatic carbocycles. The van der Waals surface area contributed by atoms with Crippen molar-refractivity contribution in [1.29, 1.82) is 0 Å². The smallest absolute Gasteiger partial charge is 0.292 e. The van der Waals surface area contributed by atoms with Gasteiger partial charge in [0.2, 0.25) is 5.88 Å². The van der Waals surface area contributed by atoms with Gasteiger partial charge in [-0.05, 0) is 30.7 Å². The first-order valence-electron chi connectivity index (χ1n) is 9.72. The SMILES string of the molecule is COc1cccc(Oc2ccc(CNC(=O)C(=O)c3c(C)[nH]c4ccccc34)cn2)c1. The van der Waals surface area contributed by atoms with Crippen LogP contribution in [0.4, 0.5) is 0 Å². The van der Waals surface area contributed by atoms with E-state index in [1.54, 1.807) is 44.5 Å². The molecule has 31 heavy (non-hydrogen) atoms. The number of aromatic amines is 1. The van der Waals surface area contributed by atoms with Gasteiger partial charge in [-0.2, -0.15) is 0 Å². The number of fused-ring (bicyclic) bond motifs is 1. The zero-order chi connectivity index (χ0) is 21.8. The predicted octanol–water partition coefficient (Wildman–Crippen LogP) is 4.17. The first kappa shape index (κ1) is 20.2. The lowest BCUT2D eigenvalue weighted by molar-refractivity contribution is -0.117. The molecular weight excluding hydrogens is 394 g/mol. The minimum Gasteiger partial charge on any atom is -0.497 e. The van der Waals surface area contributed by atoms with Crippen LogP contribution >= 0.6 is 0 Å². The average molecular weight is 415 g/mol. The fourth-order valence-corrected chi connectivity index (χ4v) is 3.31. The summed E-state index contributed by atoms with van der Waals surface area (Å²) in [6, 6.07) is 18.1. The Morgan fingerprint density at radius 2 is 1.84 bits per heavy atom. The molecule has 4 aromatic rings. The number of carbonyl (C=O) groups excluding carboxylic acids is 2. The lowest BCUT2D eigenvalue weighted by atomic mass is 10.1. The molecule has 2 N–H and O–H groups in total. The van der Waals surface area contributed by atoms with Gasteiger partial charge < -0.3 is 19.8 Å². The molecule has 2 aromatic heterocycles. The van der Waals surface area contributed by atoms with E-state index in [-0.39, 0.29) is 6.54 Å². The standard InChI is InChI=1S/C24H21N3O4/c1-15-22(19-8-3-4-9-20(19)27-15)23(28)24(29)26-14-16-10-11-21(25-13-16)31-18-7-5-6-17(12-18)30-2/h3-13,27H,14H2,1-2H3,(H,26,29). The highest BCUT2D eigenvalue weighted by molar-refractivity contribution is 6.45. The quantitative estimate of drug-likeness (QED) is 0.349. The van der Waals surface area contributed by atoms with Crippen LogP contribution < -0.4 is 14.8 Å². The van der Waals surface area contributed by atoms with E-state index in [4.69, 9.17) is 9.47 Å². The summed E-state index contributed by atoms with van der Waals surface area (Å²) in [5, 5.41) is 3.40. The summed E-state index contributed by atoms with van der Waals surface area (Å²) in [5.41, 5.74) is 2.64. The Morgan fingerprint density at radius 1 is 1.03 bits per heavy atom. The Morgan fingerprint density at radius 3 is 2.61 bits per heavy atom. The molecule has 0 radical (unpaired) electrons. The van der Waals surface area contributed by atoms with Crippen molar-refractivity contribution in [2.24, 2.45) is 0 Å². The van der Waals surface area contributed by atoms with Crippen molar-refractivity contribution in [2.45, 2.75) is 13.5 Å². The molecule has 0 saturated heterocycles. The Balaban J connectivity index is 1.39. The first-order valence-corrected chi connectivity index (χ1v) is 9.72. The van der Waals surface area contributed by atoms with Crippen molar-refractivity contribution in [1.82, 2.24) is 15.3 Å². The lowest BCUT2D eigenvalue weighted by Crippen LogP contribution is -2.30. The summed E-state index contributed by atoms with van der Waals surface area (Å²) >= 11 is 0. The molecule has 0 spiro atoms. The third-order valence-electron chi connectivity index (χ3n) is 4.84. The third-order valence-corrected chi connectivity index (χ3v) is 4.84. The Hall–Kier alpha value is -4.13. The summed E-state index contributed by atoms with van der Waals surface area (Å²) in [5.74, 6) is 0.471. The zero-order valence-electron chi connectivity index (χ0n) is 17.1. The highest BCUT2D eigenvalue weighted by atomic mass is 16.5. The molecule has 0 fully saturated rings. The second kappa shape index (κ2) is 8.71. The first-order chi connectivity index (χ1) is 15.0. The monoisotopic (exact) mass is 415 g/mol. The average Bonchev–Trinajstić information content (AvgIpc) is 3.13. The van der Waals surface area contributed by atoms with Gasteiger partial charge in [-0.3, -0.25) is 9.59 Å². The van der Waals surface area contributed by atoms with Gasteiger partial charge in [-0.1, -0.05) is 30.3 Å². The largest absolute Gasteiger partial charge is 0.497 e. The molecule has 4 rings (SSSR count). The molecule has 0 aliphatic rings. The topological polar surface area (TPSA) is 93.3 Å². The van der Waals surface area contributed by atoms with Crippen LogP contribution in [0.3, 0.4) is 0 Å². The van der Waals surface area contributed by atoms with E-state index in [0.29, 0.717) is 28.6 Å². The van der Waals surface area contributed by atoms with Crippen LogP contribution in [0.25, 0.3) is 10.9 Å².